The van der Waals surface area contributed by atoms with Crippen LogP contribution in [0.15, 0.2) is 24.3 Å². The van der Waals surface area contributed by atoms with Gasteiger partial charge >= 0.3 is 0 Å². The van der Waals surface area contributed by atoms with Crippen LogP contribution in [-0.2, 0) is 0 Å². The third kappa shape index (κ3) is 2.97. The molecule has 1 aromatic rings. The fourth-order valence-corrected chi connectivity index (χ4v) is 3.28. The van der Waals surface area contributed by atoms with Crippen LogP contribution in [0, 0.1) is 5.92 Å². The molecule has 20 heavy (non-hydrogen) atoms. The van der Waals surface area contributed by atoms with Crippen LogP contribution in [0.3, 0.4) is 0 Å². The molecule has 0 aromatic heterocycles. The molecule has 2 saturated carbocycles. The molecule has 0 spiro atoms. The summed E-state index contributed by atoms with van der Waals surface area (Å²) in [4.78, 5) is 14.9. The van der Waals surface area contributed by atoms with Crippen LogP contribution in [0.4, 0.5) is 5.69 Å². The molecule has 3 nitrogen and oxygen atoms in total. The molecule has 108 valence electrons. The topological polar surface area (TPSA) is 46.3 Å². The van der Waals surface area contributed by atoms with Gasteiger partial charge < -0.3 is 10.6 Å². The van der Waals surface area contributed by atoms with E-state index in [0.717, 1.165) is 19.4 Å². The van der Waals surface area contributed by atoms with Crippen LogP contribution < -0.4 is 5.73 Å². The minimum absolute atomic E-state index is 0.135. The summed E-state index contributed by atoms with van der Waals surface area (Å²) in [5.74, 6) is 0.828. The summed E-state index contributed by atoms with van der Waals surface area (Å²) < 4.78 is 0. The normalized spacial score (nSPS) is 19.8. The minimum atomic E-state index is 0.135. The Morgan fingerprint density at radius 1 is 1.10 bits per heavy atom. The Balaban J connectivity index is 1.73. The maximum Gasteiger partial charge on any atom is 0.256 e. The van der Waals surface area contributed by atoms with Crippen molar-refractivity contribution in [3.8, 4) is 0 Å². The number of hydrogen-bond donors (Lipinski definition) is 1. The molecule has 3 heteroatoms. The van der Waals surface area contributed by atoms with E-state index in [-0.39, 0.29) is 5.91 Å². The Kier molecular flexibility index (Phi) is 3.95. The number of benzene rings is 1. The summed E-state index contributed by atoms with van der Waals surface area (Å²) in [6, 6.07) is 7.92. The first-order chi connectivity index (χ1) is 9.75. The van der Waals surface area contributed by atoms with Gasteiger partial charge in [-0.25, -0.2) is 0 Å². The zero-order chi connectivity index (χ0) is 13.9. The van der Waals surface area contributed by atoms with Gasteiger partial charge in [-0.2, -0.15) is 0 Å². The van der Waals surface area contributed by atoms with E-state index in [1.165, 1.54) is 32.1 Å². The number of hydrogen-bond acceptors (Lipinski definition) is 2. The van der Waals surface area contributed by atoms with Crippen LogP contribution in [0.1, 0.15) is 55.3 Å². The first-order valence-corrected chi connectivity index (χ1v) is 7.91. The molecule has 1 aromatic carbocycles. The molecule has 0 aliphatic heterocycles. The minimum Gasteiger partial charge on any atom is -0.398 e. The van der Waals surface area contributed by atoms with Crippen molar-refractivity contribution in [3.63, 3.8) is 0 Å². The largest absolute Gasteiger partial charge is 0.398 e. The van der Waals surface area contributed by atoms with Gasteiger partial charge in [-0.15, -0.1) is 0 Å². The number of para-hydroxylation sites is 1. The Morgan fingerprint density at radius 3 is 2.45 bits per heavy atom. The summed E-state index contributed by atoms with van der Waals surface area (Å²) in [5.41, 5.74) is 7.25. The monoisotopic (exact) mass is 272 g/mol. The molecule has 1 amide bonds. The van der Waals surface area contributed by atoms with E-state index in [1.807, 2.05) is 24.3 Å². The van der Waals surface area contributed by atoms with Crippen LogP contribution in [-0.4, -0.2) is 23.4 Å². The highest BCUT2D eigenvalue weighted by Crippen LogP contribution is 2.33. The van der Waals surface area contributed by atoms with E-state index >= 15 is 0 Å². The number of anilines is 1. The predicted molar refractivity (Wildman–Crippen MR) is 81.5 cm³/mol. The molecular weight excluding hydrogens is 248 g/mol. The lowest BCUT2D eigenvalue weighted by Crippen LogP contribution is -2.38. The molecule has 2 aliphatic carbocycles. The Hall–Kier alpha value is -1.51. The smallest absolute Gasteiger partial charge is 0.256 e. The number of carbonyl (C=O) groups excluding carboxylic acids is 1. The molecule has 2 fully saturated rings. The average molecular weight is 272 g/mol. The lowest BCUT2D eigenvalue weighted by molar-refractivity contribution is 0.0700. The molecule has 0 bridgehead atoms. The zero-order valence-corrected chi connectivity index (χ0v) is 12.1. The molecule has 2 aliphatic rings. The summed E-state index contributed by atoms with van der Waals surface area (Å²) in [6.45, 7) is 0.928. The highest BCUT2D eigenvalue weighted by Gasteiger charge is 2.35. The summed E-state index contributed by atoms with van der Waals surface area (Å²) in [6.07, 6.45) is 8.88. The third-order valence-electron chi connectivity index (χ3n) is 4.62. The fourth-order valence-electron chi connectivity index (χ4n) is 3.28. The summed E-state index contributed by atoms with van der Waals surface area (Å²) in [5, 5.41) is 0. The lowest BCUT2D eigenvalue weighted by atomic mass is 9.88. The van der Waals surface area contributed by atoms with Gasteiger partial charge in [0.1, 0.15) is 0 Å². The van der Waals surface area contributed by atoms with E-state index < -0.39 is 0 Å². The molecule has 0 saturated heterocycles. The predicted octanol–water partition coefficient (Wildman–Crippen LogP) is 3.45. The van der Waals surface area contributed by atoms with Crippen molar-refractivity contribution in [3.05, 3.63) is 29.8 Å². The van der Waals surface area contributed by atoms with Crippen molar-refractivity contribution >= 4 is 11.6 Å². The van der Waals surface area contributed by atoms with Crippen LogP contribution in [0.5, 0.6) is 0 Å². The number of nitrogens with two attached hydrogens (primary N) is 1. The Bertz CT molecular complexity index is 476. The second-order valence-electron chi connectivity index (χ2n) is 6.28. The van der Waals surface area contributed by atoms with Gasteiger partial charge in [0, 0.05) is 18.3 Å². The number of amides is 1. The van der Waals surface area contributed by atoms with E-state index in [4.69, 9.17) is 5.73 Å². The summed E-state index contributed by atoms with van der Waals surface area (Å²) >= 11 is 0. The first kappa shape index (κ1) is 13.5. The molecule has 3 rings (SSSR count). The SMILES string of the molecule is Nc1ccccc1C(=O)N(CC1CCCCC1)C1CC1. The van der Waals surface area contributed by atoms with Gasteiger partial charge in [-0.1, -0.05) is 31.4 Å². The van der Waals surface area contributed by atoms with E-state index in [1.54, 1.807) is 0 Å². The maximum atomic E-state index is 12.8. The Morgan fingerprint density at radius 2 is 1.80 bits per heavy atom. The van der Waals surface area contributed by atoms with Crippen molar-refractivity contribution in [2.75, 3.05) is 12.3 Å². The van der Waals surface area contributed by atoms with Gasteiger partial charge in [-0.3, -0.25) is 4.79 Å². The van der Waals surface area contributed by atoms with Crippen molar-refractivity contribution in [1.29, 1.82) is 0 Å². The van der Waals surface area contributed by atoms with Crippen molar-refractivity contribution in [2.24, 2.45) is 5.92 Å². The van der Waals surface area contributed by atoms with E-state index in [0.29, 0.717) is 23.2 Å². The number of rotatable bonds is 4. The van der Waals surface area contributed by atoms with E-state index in [9.17, 15) is 4.79 Å². The second-order valence-corrected chi connectivity index (χ2v) is 6.28. The van der Waals surface area contributed by atoms with Crippen molar-refractivity contribution in [1.82, 2.24) is 4.90 Å². The fraction of sp³-hybridized carbons (Fsp3) is 0.588. The van der Waals surface area contributed by atoms with Gasteiger partial charge in [-0.05, 0) is 43.7 Å². The van der Waals surface area contributed by atoms with Crippen LogP contribution >= 0.6 is 0 Å². The number of nitrogen functional groups attached to an aromatic ring is 1. The Labute approximate surface area is 121 Å². The van der Waals surface area contributed by atoms with Crippen molar-refractivity contribution < 1.29 is 4.79 Å². The van der Waals surface area contributed by atoms with Crippen LogP contribution in [0.2, 0.25) is 0 Å². The average Bonchev–Trinajstić information content (AvgIpc) is 3.30. The van der Waals surface area contributed by atoms with Crippen molar-refractivity contribution in [2.45, 2.75) is 51.0 Å². The maximum absolute atomic E-state index is 12.8. The van der Waals surface area contributed by atoms with Crippen LogP contribution in [0.25, 0.3) is 0 Å². The molecule has 0 heterocycles. The zero-order valence-electron chi connectivity index (χ0n) is 12.1. The standard InChI is InChI=1S/C17H24N2O/c18-16-9-5-4-8-15(16)17(20)19(14-10-11-14)12-13-6-2-1-3-7-13/h4-5,8-9,13-14H,1-3,6-7,10-12,18H2. The third-order valence-corrected chi connectivity index (χ3v) is 4.62. The van der Waals surface area contributed by atoms with Gasteiger partial charge in [0.25, 0.3) is 5.91 Å². The number of carbonyl (C=O) groups is 1. The van der Waals surface area contributed by atoms with Gasteiger partial charge in [0.2, 0.25) is 0 Å². The van der Waals surface area contributed by atoms with Gasteiger partial charge in [0.15, 0.2) is 0 Å². The molecule has 0 atom stereocenters. The second kappa shape index (κ2) is 5.86. The molecule has 0 unspecified atom stereocenters. The first-order valence-electron chi connectivity index (χ1n) is 7.91. The quantitative estimate of drug-likeness (QED) is 0.853. The highest BCUT2D eigenvalue weighted by atomic mass is 16.2. The molecular formula is C17H24N2O. The lowest BCUT2D eigenvalue weighted by Gasteiger charge is -2.30. The molecule has 0 radical (unpaired) electrons. The highest BCUT2D eigenvalue weighted by molar-refractivity contribution is 5.99. The van der Waals surface area contributed by atoms with E-state index in [2.05, 4.69) is 4.90 Å². The summed E-state index contributed by atoms with van der Waals surface area (Å²) in [7, 11) is 0. The van der Waals surface area contributed by atoms with Gasteiger partial charge in [0.05, 0.1) is 5.56 Å². The number of nitrogens with zero attached hydrogens (tertiary/aromatic N) is 1. The molecule has 2 N–H and O–H groups in total.